The molecule has 150 valence electrons. The SMILES string of the molecule is CSc1ccc([C@@H]2Nc3ccccc3S(=O)(=O)N2CCc2ccc(Cl)cc2)cc1. The minimum absolute atomic E-state index is 0.313. The normalized spacial score (nSPS) is 18.1. The van der Waals surface area contributed by atoms with Crippen molar-refractivity contribution in [1.82, 2.24) is 4.31 Å². The number of anilines is 1. The quantitative estimate of drug-likeness (QED) is 0.534. The van der Waals surface area contributed by atoms with Gasteiger partial charge >= 0.3 is 0 Å². The molecule has 1 heterocycles. The fourth-order valence-electron chi connectivity index (χ4n) is 3.47. The van der Waals surface area contributed by atoms with Gasteiger partial charge in [0.1, 0.15) is 11.1 Å². The van der Waals surface area contributed by atoms with Gasteiger partial charge in [-0.25, -0.2) is 8.42 Å². The van der Waals surface area contributed by atoms with Crippen LogP contribution in [0.5, 0.6) is 0 Å². The first-order valence-corrected chi connectivity index (χ1v) is 12.3. The molecule has 7 heteroatoms. The molecule has 1 atom stereocenters. The van der Waals surface area contributed by atoms with Crippen LogP contribution in [-0.2, 0) is 16.4 Å². The van der Waals surface area contributed by atoms with Crippen molar-refractivity contribution < 1.29 is 8.42 Å². The molecule has 29 heavy (non-hydrogen) atoms. The maximum atomic E-state index is 13.4. The average Bonchev–Trinajstić information content (AvgIpc) is 2.74. The van der Waals surface area contributed by atoms with E-state index in [2.05, 4.69) is 5.32 Å². The molecular formula is C22H21ClN2O2S2. The molecule has 0 amide bonds. The second kappa shape index (κ2) is 8.40. The molecule has 3 aromatic carbocycles. The number of nitrogens with one attached hydrogen (secondary N) is 1. The Bertz CT molecular complexity index is 1100. The van der Waals surface area contributed by atoms with Crippen LogP contribution < -0.4 is 5.32 Å². The number of sulfonamides is 1. The highest BCUT2D eigenvalue weighted by atomic mass is 35.5. The van der Waals surface area contributed by atoms with E-state index in [0.29, 0.717) is 28.6 Å². The van der Waals surface area contributed by atoms with Crippen LogP contribution >= 0.6 is 23.4 Å². The highest BCUT2D eigenvalue weighted by molar-refractivity contribution is 7.98. The molecule has 0 saturated heterocycles. The average molecular weight is 445 g/mol. The van der Waals surface area contributed by atoms with Crippen molar-refractivity contribution >= 4 is 39.1 Å². The Morgan fingerprint density at radius 1 is 1.00 bits per heavy atom. The molecule has 0 fully saturated rings. The molecule has 1 aliphatic rings. The Morgan fingerprint density at radius 2 is 1.69 bits per heavy atom. The van der Waals surface area contributed by atoms with Gasteiger partial charge in [0.25, 0.3) is 0 Å². The minimum Gasteiger partial charge on any atom is -0.364 e. The van der Waals surface area contributed by atoms with Crippen LogP contribution in [0.3, 0.4) is 0 Å². The smallest absolute Gasteiger partial charge is 0.247 e. The van der Waals surface area contributed by atoms with Crippen molar-refractivity contribution in [3.05, 3.63) is 88.9 Å². The summed E-state index contributed by atoms with van der Waals surface area (Å²) in [6, 6.07) is 22.6. The van der Waals surface area contributed by atoms with Gasteiger partial charge in [-0.2, -0.15) is 4.31 Å². The van der Waals surface area contributed by atoms with Gasteiger partial charge in [-0.05, 0) is 60.2 Å². The van der Waals surface area contributed by atoms with Crippen molar-refractivity contribution in [3.63, 3.8) is 0 Å². The van der Waals surface area contributed by atoms with Crippen molar-refractivity contribution in [3.8, 4) is 0 Å². The maximum absolute atomic E-state index is 13.4. The van der Waals surface area contributed by atoms with Crippen molar-refractivity contribution in [2.75, 3.05) is 18.1 Å². The second-order valence-corrected chi connectivity index (χ2v) is 9.98. The maximum Gasteiger partial charge on any atom is 0.247 e. The highest BCUT2D eigenvalue weighted by Crippen LogP contribution is 2.38. The molecule has 1 aliphatic heterocycles. The zero-order chi connectivity index (χ0) is 20.4. The molecule has 0 radical (unpaired) electrons. The molecule has 4 rings (SSSR count). The Labute approximate surface area is 180 Å². The van der Waals surface area contributed by atoms with Gasteiger partial charge in [0.15, 0.2) is 0 Å². The molecule has 3 aromatic rings. The molecule has 0 aromatic heterocycles. The third-order valence-electron chi connectivity index (χ3n) is 5.02. The van der Waals surface area contributed by atoms with E-state index in [9.17, 15) is 8.42 Å². The lowest BCUT2D eigenvalue weighted by molar-refractivity contribution is 0.345. The summed E-state index contributed by atoms with van der Waals surface area (Å²) in [7, 11) is -3.63. The third kappa shape index (κ3) is 4.16. The number of rotatable bonds is 5. The predicted molar refractivity (Wildman–Crippen MR) is 120 cm³/mol. The van der Waals surface area contributed by atoms with E-state index in [1.165, 1.54) is 0 Å². The van der Waals surface area contributed by atoms with E-state index in [1.807, 2.05) is 66.9 Å². The molecule has 0 aliphatic carbocycles. The molecule has 0 spiro atoms. The molecule has 1 N–H and O–H groups in total. The second-order valence-electron chi connectivity index (χ2n) is 6.81. The van der Waals surface area contributed by atoms with Gasteiger partial charge in [0.05, 0.1) is 5.69 Å². The number of benzene rings is 3. The number of halogens is 1. The van der Waals surface area contributed by atoms with Gasteiger partial charge in [-0.3, -0.25) is 0 Å². The zero-order valence-electron chi connectivity index (χ0n) is 15.9. The van der Waals surface area contributed by atoms with E-state index in [0.717, 1.165) is 16.0 Å². The van der Waals surface area contributed by atoms with Crippen LogP contribution in [0.2, 0.25) is 5.02 Å². The largest absolute Gasteiger partial charge is 0.364 e. The summed E-state index contributed by atoms with van der Waals surface area (Å²) >= 11 is 7.63. The van der Waals surface area contributed by atoms with Gasteiger partial charge in [0, 0.05) is 16.5 Å². The van der Waals surface area contributed by atoms with Crippen molar-refractivity contribution in [1.29, 1.82) is 0 Å². The van der Waals surface area contributed by atoms with E-state index < -0.39 is 16.2 Å². The van der Waals surface area contributed by atoms with Crippen LogP contribution in [0.25, 0.3) is 0 Å². The van der Waals surface area contributed by atoms with Crippen LogP contribution in [0.4, 0.5) is 5.69 Å². The first kappa shape index (κ1) is 20.3. The molecule has 4 nitrogen and oxygen atoms in total. The van der Waals surface area contributed by atoms with E-state index in [4.69, 9.17) is 11.6 Å². The first-order chi connectivity index (χ1) is 14.0. The Kier molecular flexibility index (Phi) is 5.88. The third-order valence-corrected chi connectivity index (χ3v) is 7.94. The molecule has 0 unspecified atom stereocenters. The van der Waals surface area contributed by atoms with Crippen LogP contribution in [0, 0.1) is 0 Å². The highest BCUT2D eigenvalue weighted by Gasteiger charge is 2.38. The Hall–Kier alpha value is -1.99. The topological polar surface area (TPSA) is 49.4 Å². The molecule has 0 bridgehead atoms. The summed E-state index contributed by atoms with van der Waals surface area (Å²) in [6.45, 7) is 0.361. The summed E-state index contributed by atoms with van der Waals surface area (Å²) in [4.78, 5) is 1.45. The molecular weight excluding hydrogens is 424 g/mol. The number of hydrogen-bond donors (Lipinski definition) is 1. The molecule has 0 saturated carbocycles. The number of para-hydroxylation sites is 1. The number of thioether (sulfide) groups is 1. The Morgan fingerprint density at radius 3 is 2.38 bits per heavy atom. The van der Waals surface area contributed by atoms with Crippen molar-refractivity contribution in [2.45, 2.75) is 22.4 Å². The minimum atomic E-state index is -3.63. The monoisotopic (exact) mass is 444 g/mol. The van der Waals surface area contributed by atoms with Crippen LogP contribution in [0.15, 0.2) is 82.6 Å². The first-order valence-electron chi connectivity index (χ1n) is 9.25. The number of hydrogen-bond acceptors (Lipinski definition) is 4. The summed E-state index contributed by atoms with van der Waals surface area (Å²) < 4.78 is 28.4. The lowest BCUT2D eigenvalue weighted by atomic mass is 10.1. The zero-order valence-corrected chi connectivity index (χ0v) is 18.3. The van der Waals surface area contributed by atoms with Gasteiger partial charge in [0.2, 0.25) is 10.0 Å². The van der Waals surface area contributed by atoms with Gasteiger partial charge in [-0.15, -0.1) is 11.8 Å². The lowest BCUT2D eigenvalue weighted by Gasteiger charge is -2.37. The summed E-state index contributed by atoms with van der Waals surface area (Å²) in [6.07, 6.45) is 2.16. The summed E-state index contributed by atoms with van der Waals surface area (Å²) in [5, 5.41) is 4.09. The lowest BCUT2D eigenvalue weighted by Crippen LogP contribution is -2.43. The standard InChI is InChI=1S/C22H21ClN2O2S2/c1-28-19-12-8-17(9-13-19)22-24-20-4-2-3-5-21(20)29(26,27)25(22)15-14-16-6-10-18(23)11-7-16/h2-13,22,24H,14-15H2,1H3/t22-/m1/s1. The van der Waals surface area contributed by atoms with E-state index in [-0.39, 0.29) is 0 Å². The number of nitrogens with zero attached hydrogens (tertiary/aromatic N) is 1. The van der Waals surface area contributed by atoms with Crippen LogP contribution in [-0.4, -0.2) is 25.5 Å². The summed E-state index contributed by atoms with van der Waals surface area (Å²) in [5.74, 6) is 0. The Balaban J connectivity index is 1.70. The fourth-order valence-corrected chi connectivity index (χ4v) is 5.70. The number of fused-ring (bicyclic) bond motifs is 1. The van der Waals surface area contributed by atoms with Gasteiger partial charge < -0.3 is 5.32 Å². The van der Waals surface area contributed by atoms with Gasteiger partial charge in [-0.1, -0.05) is 48.0 Å². The van der Waals surface area contributed by atoms with E-state index in [1.54, 1.807) is 28.2 Å². The fraction of sp³-hybridized carbons (Fsp3) is 0.182. The van der Waals surface area contributed by atoms with Crippen LogP contribution in [0.1, 0.15) is 17.3 Å². The van der Waals surface area contributed by atoms with E-state index >= 15 is 0 Å². The van der Waals surface area contributed by atoms with Crippen molar-refractivity contribution in [2.24, 2.45) is 0 Å². The summed E-state index contributed by atoms with van der Waals surface area (Å²) in [5.41, 5.74) is 2.59. The predicted octanol–water partition coefficient (Wildman–Crippen LogP) is 5.42.